The van der Waals surface area contributed by atoms with Crippen molar-refractivity contribution < 1.29 is 9.59 Å². The summed E-state index contributed by atoms with van der Waals surface area (Å²) >= 11 is 0. The number of hydrogen-bond donors (Lipinski definition) is 1. The Morgan fingerprint density at radius 3 is 1.94 bits per heavy atom. The van der Waals surface area contributed by atoms with Crippen LogP contribution in [-0.2, 0) is 9.59 Å². The van der Waals surface area contributed by atoms with Crippen LogP contribution < -0.4 is 5.32 Å². The molecule has 4 heteroatoms. The maximum absolute atomic E-state index is 12.5. The van der Waals surface area contributed by atoms with Gasteiger partial charge in [-0.05, 0) is 18.8 Å². The first-order chi connectivity index (χ1) is 8.52. The van der Waals surface area contributed by atoms with E-state index >= 15 is 0 Å². The number of carbonyl (C=O) groups is 2. The highest BCUT2D eigenvalue weighted by Crippen LogP contribution is 2.13. The van der Waals surface area contributed by atoms with Crippen molar-refractivity contribution in [2.45, 2.75) is 58.9 Å². The lowest BCUT2D eigenvalue weighted by molar-refractivity contribution is -0.137. The lowest BCUT2D eigenvalue weighted by Crippen LogP contribution is -2.51. The van der Waals surface area contributed by atoms with Crippen LogP contribution in [0.5, 0.6) is 0 Å². The molecule has 0 saturated carbocycles. The summed E-state index contributed by atoms with van der Waals surface area (Å²) in [7, 11) is 0. The smallest absolute Gasteiger partial charge is 0.245 e. The average molecular weight is 254 g/mol. The summed E-state index contributed by atoms with van der Waals surface area (Å²) in [5.41, 5.74) is 0. The molecule has 1 saturated heterocycles. The predicted octanol–water partition coefficient (Wildman–Crippen LogP) is 1.94. The molecule has 0 bridgehead atoms. The van der Waals surface area contributed by atoms with Gasteiger partial charge in [0.1, 0.15) is 6.04 Å². The lowest BCUT2D eigenvalue weighted by atomic mass is 10.0. The highest BCUT2D eigenvalue weighted by atomic mass is 16.2. The van der Waals surface area contributed by atoms with Crippen molar-refractivity contribution >= 4 is 11.8 Å². The van der Waals surface area contributed by atoms with E-state index in [-0.39, 0.29) is 23.8 Å². The summed E-state index contributed by atoms with van der Waals surface area (Å²) in [6.45, 7) is 7.09. The molecule has 2 amide bonds. The van der Waals surface area contributed by atoms with Crippen molar-refractivity contribution in [1.82, 2.24) is 10.2 Å². The van der Waals surface area contributed by atoms with Gasteiger partial charge in [-0.3, -0.25) is 9.59 Å². The summed E-state index contributed by atoms with van der Waals surface area (Å²) in [6, 6.07) is -0.373. The van der Waals surface area contributed by atoms with Gasteiger partial charge in [-0.1, -0.05) is 33.1 Å². The van der Waals surface area contributed by atoms with E-state index in [1.165, 1.54) is 26.2 Å². The number of nitrogens with one attached hydrogen (secondary N) is 1. The molecule has 0 aromatic rings. The first kappa shape index (κ1) is 15.0. The van der Waals surface area contributed by atoms with Crippen LogP contribution in [0.25, 0.3) is 0 Å². The minimum Gasteiger partial charge on any atom is -0.344 e. The van der Waals surface area contributed by atoms with Gasteiger partial charge in [0.2, 0.25) is 11.8 Å². The first-order valence-electron chi connectivity index (χ1n) is 7.08. The molecule has 104 valence electrons. The number of likely N-dealkylation sites (tertiary alicyclic amines) is 1. The van der Waals surface area contributed by atoms with Gasteiger partial charge in [-0.2, -0.15) is 0 Å². The molecule has 1 aliphatic rings. The topological polar surface area (TPSA) is 49.4 Å². The van der Waals surface area contributed by atoms with Crippen LogP contribution in [0.1, 0.15) is 52.9 Å². The van der Waals surface area contributed by atoms with Gasteiger partial charge < -0.3 is 10.2 Å². The molecular formula is C14H26N2O2. The van der Waals surface area contributed by atoms with Crippen LogP contribution in [0.2, 0.25) is 0 Å². The Kier molecular flexibility index (Phi) is 6.16. The van der Waals surface area contributed by atoms with E-state index in [2.05, 4.69) is 5.32 Å². The Balaban J connectivity index is 2.64. The normalized spacial score (nSPS) is 19.0. The fourth-order valence-corrected chi connectivity index (χ4v) is 2.40. The fourth-order valence-electron chi connectivity index (χ4n) is 2.40. The molecular weight excluding hydrogens is 228 g/mol. The molecule has 4 nitrogen and oxygen atoms in total. The van der Waals surface area contributed by atoms with Gasteiger partial charge in [-0.15, -0.1) is 0 Å². The van der Waals surface area contributed by atoms with Crippen molar-refractivity contribution in [3.8, 4) is 0 Å². The molecule has 1 fully saturated rings. The summed E-state index contributed by atoms with van der Waals surface area (Å²) in [6.07, 6.45) is 5.85. The van der Waals surface area contributed by atoms with Crippen LogP contribution in [0.3, 0.4) is 0 Å². The fraction of sp³-hybridized carbons (Fsp3) is 0.857. The van der Waals surface area contributed by atoms with Gasteiger partial charge in [0.25, 0.3) is 0 Å². The van der Waals surface area contributed by atoms with E-state index in [0.29, 0.717) is 0 Å². The van der Waals surface area contributed by atoms with E-state index in [1.54, 1.807) is 0 Å². The minimum absolute atomic E-state index is 0.0853. The maximum Gasteiger partial charge on any atom is 0.245 e. The molecule has 18 heavy (non-hydrogen) atoms. The summed E-state index contributed by atoms with van der Waals surface area (Å²) < 4.78 is 0. The van der Waals surface area contributed by atoms with E-state index < -0.39 is 0 Å². The number of amides is 2. The van der Waals surface area contributed by atoms with Crippen molar-refractivity contribution in [2.75, 3.05) is 13.1 Å². The highest BCUT2D eigenvalue weighted by molar-refractivity contribution is 5.87. The number of hydrogen-bond acceptors (Lipinski definition) is 2. The highest BCUT2D eigenvalue weighted by Gasteiger charge is 2.27. The Bertz CT molecular complexity index is 282. The number of rotatable bonds is 3. The van der Waals surface area contributed by atoms with E-state index in [9.17, 15) is 9.59 Å². The third-order valence-electron chi connectivity index (χ3n) is 3.46. The standard InChI is InChI=1S/C14H26N2O2/c1-11(2)13(15-12(3)17)14(18)16-9-7-5-4-6-8-10-16/h11,13H,4-10H2,1-3H3,(H,15,17). The van der Waals surface area contributed by atoms with Crippen LogP contribution in [-0.4, -0.2) is 35.8 Å². The van der Waals surface area contributed by atoms with Gasteiger partial charge in [-0.25, -0.2) is 0 Å². The molecule has 0 spiro atoms. The molecule has 1 unspecified atom stereocenters. The van der Waals surface area contributed by atoms with Crippen molar-refractivity contribution in [3.05, 3.63) is 0 Å². The monoisotopic (exact) mass is 254 g/mol. The van der Waals surface area contributed by atoms with Gasteiger partial charge in [0.05, 0.1) is 0 Å². The van der Waals surface area contributed by atoms with E-state index in [4.69, 9.17) is 0 Å². The zero-order chi connectivity index (χ0) is 13.5. The van der Waals surface area contributed by atoms with Gasteiger partial charge in [0.15, 0.2) is 0 Å². The molecule has 1 rings (SSSR count). The predicted molar refractivity (Wildman–Crippen MR) is 72.1 cm³/mol. The third-order valence-corrected chi connectivity index (χ3v) is 3.46. The lowest BCUT2D eigenvalue weighted by Gasteiger charge is -2.30. The Morgan fingerprint density at radius 1 is 1.00 bits per heavy atom. The second-order valence-corrected chi connectivity index (χ2v) is 5.52. The summed E-state index contributed by atoms with van der Waals surface area (Å²) in [5, 5.41) is 2.78. The third kappa shape index (κ3) is 4.67. The SMILES string of the molecule is CC(=O)NC(C(=O)N1CCCCCCC1)C(C)C. The van der Waals surface area contributed by atoms with E-state index in [0.717, 1.165) is 25.9 Å². The Hall–Kier alpha value is -1.06. The van der Waals surface area contributed by atoms with Gasteiger partial charge >= 0.3 is 0 Å². The Morgan fingerprint density at radius 2 is 1.50 bits per heavy atom. The maximum atomic E-state index is 12.5. The van der Waals surface area contributed by atoms with Gasteiger partial charge in [0, 0.05) is 20.0 Å². The largest absolute Gasteiger partial charge is 0.344 e. The second-order valence-electron chi connectivity index (χ2n) is 5.52. The summed E-state index contributed by atoms with van der Waals surface area (Å²) in [5.74, 6) is 0.0861. The zero-order valence-electron chi connectivity index (χ0n) is 11.9. The average Bonchev–Trinajstić information content (AvgIpc) is 2.24. The van der Waals surface area contributed by atoms with Crippen LogP contribution >= 0.6 is 0 Å². The van der Waals surface area contributed by atoms with Crippen LogP contribution in [0.4, 0.5) is 0 Å². The van der Waals surface area contributed by atoms with Crippen LogP contribution in [0.15, 0.2) is 0 Å². The molecule has 1 atom stereocenters. The number of nitrogens with zero attached hydrogens (tertiary/aromatic N) is 1. The molecule has 0 aromatic carbocycles. The summed E-state index contributed by atoms with van der Waals surface area (Å²) in [4.78, 5) is 25.6. The quantitative estimate of drug-likeness (QED) is 0.836. The molecule has 1 aliphatic heterocycles. The second kappa shape index (κ2) is 7.39. The molecule has 1 N–H and O–H groups in total. The molecule has 0 aliphatic carbocycles. The minimum atomic E-state index is -0.373. The van der Waals surface area contributed by atoms with Crippen LogP contribution in [0, 0.1) is 5.92 Å². The molecule has 0 aromatic heterocycles. The number of carbonyl (C=O) groups excluding carboxylic acids is 2. The molecule has 0 radical (unpaired) electrons. The zero-order valence-corrected chi connectivity index (χ0v) is 11.9. The Labute approximate surface area is 110 Å². The molecule has 1 heterocycles. The van der Waals surface area contributed by atoms with Crippen molar-refractivity contribution in [2.24, 2.45) is 5.92 Å². The van der Waals surface area contributed by atoms with Crippen molar-refractivity contribution in [1.29, 1.82) is 0 Å². The van der Waals surface area contributed by atoms with Crippen molar-refractivity contribution in [3.63, 3.8) is 0 Å². The first-order valence-corrected chi connectivity index (χ1v) is 7.08. The van der Waals surface area contributed by atoms with E-state index in [1.807, 2.05) is 18.7 Å².